The molecule has 4 N–H and O–H groups in total. The van der Waals surface area contributed by atoms with Crippen LogP contribution in [0.2, 0.25) is 0 Å². The Bertz CT molecular complexity index is 999. The third-order valence-corrected chi connectivity index (χ3v) is 7.06. The minimum Gasteiger partial charge on any atom is -0.383 e. The first-order valence-corrected chi connectivity index (χ1v) is 12.6. The van der Waals surface area contributed by atoms with Gasteiger partial charge in [-0.25, -0.2) is 0 Å². The van der Waals surface area contributed by atoms with Crippen LogP contribution in [0.4, 0.5) is 5.69 Å². The number of nitrogens with one attached hydrogen (secondary N) is 3. The Morgan fingerprint density at radius 2 is 1.74 bits per heavy atom. The number of hydrogen-bond acceptors (Lipinski definition) is 5. The smallest absolute Gasteiger partial charge is 0.249 e. The second-order valence-electron chi connectivity index (χ2n) is 8.92. The third-order valence-electron chi connectivity index (χ3n) is 5.72. The molecule has 4 atom stereocenters. The molecule has 0 spiro atoms. The summed E-state index contributed by atoms with van der Waals surface area (Å²) in [5, 5.41) is 18.4. The summed E-state index contributed by atoms with van der Waals surface area (Å²) < 4.78 is 0. The first-order chi connectivity index (χ1) is 16.3. The minimum atomic E-state index is -1.17. The van der Waals surface area contributed by atoms with Crippen LogP contribution in [0, 0.1) is 5.92 Å². The van der Waals surface area contributed by atoms with E-state index in [9.17, 15) is 19.5 Å². The van der Waals surface area contributed by atoms with Gasteiger partial charge in [-0.15, -0.1) is 0 Å². The van der Waals surface area contributed by atoms with E-state index in [0.29, 0.717) is 18.7 Å². The Morgan fingerprint density at radius 3 is 2.44 bits per heavy atom. The number of thioether (sulfide) groups is 1. The molecule has 0 radical (unpaired) electrons. The van der Waals surface area contributed by atoms with Gasteiger partial charge in [-0.3, -0.25) is 14.4 Å². The maximum atomic E-state index is 13.2. The molecule has 1 saturated heterocycles. The molecular weight excluding hydrogens is 450 g/mol. The van der Waals surface area contributed by atoms with Gasteiger partial charge >= 0.3 is 0 Å². The third kappa shape index (κ3) is 6.61. The van der Waals surface area contributed by atoms with Crippen molar-refractivity contribution < 1.29 is 19.5 Å². The van der Waals surface area contributed by atoms with Crippen LogP contribution >= 0.6 is 11.8 Å². The minimum absolute atomic E-state index is 0.0845. The van der Waals surface area contributed by atoms with Gasteiger partial charge in [0.1, 0.15) is 12.1 Å². The van der Waals surface area contributed by atoms with Crippen LogP contribution < -0.4 is 16.0 Å². The maximum Gasteiger partial charge on any atom is 0.249 e. The largest absolute Gasteiger partial charge is 0.383 e. The highest BCUT2D eigenvalue weighted by Crippen LogP contribution is 2.44. The quantitative estimate of drug-likeness (QED) is 0.461. The summed E-state index contributed by atoms with van der Waals surface area (Å²) >= 11 is 1.71. The van der Waals surface area contributed by atoms with E-state index in [1.54, 1.807) is 30.8 Å². The highest BCUT2D eigenvalue weighted by molar-refractivity contribution is 7.99. The average Bonchev–Trinajstić information content (AvgIpc) is 3.00. The normalized spacial score (nSPS) is 20.1. The fourth-order valence-electron chi connectivity index (χ4n) is 3.99. The molecule has 0 saturated carbocycles. The van der Waals surface area contributed by atoms with Crippen molar-refractivity contribution in [1.29, 1.82) is 0 Å². The lowest BCUT2D eigenvalue weighted by molar-refractivity contribution is -0.133. The maximum absolute atomic E-state index is 13.2. The number of amides is 3. The first-order valence-electron chi connectivity index (χ1n) is 11.6. The van der Waals surface area contributed by atoms with E-state index >= 15 is 0 Å². The lowest BCUT2D eigenvalue weighted by Gasteiger charge is -2.26. The number of benzene rings is 2. The van der Waals surface area contributed by atoms with Gasteiger partial charge in [0.25, 0.3) is 0 Å². The van der Waals surface area contributed by atoms with Crippen molar-refractivity contribution in [2.24, 2.45) is 5.92 Å². The first kappa shape index (κ1) is 25.8. The van der Waals surface area contributed by atoms with Crippen molar-refractivity contribution >= 4 is 35.2 Å². The molecule has 2 aromatic rings. The average molecular weight is 484 g/mol. The van der Waals surface area contributed by atoms with Gasteiger partial charge in [0.15, 0.2) is 0 Å². The van der Waals surface area contributed by atoms with E-state index in [-0.39, 0.29) is 17.1 Å². The van der Waals surface area contributed by atoms with Crippen molar-refractivity contribution in [3.8, 4) is 0 Å². The Labute approximate surface area is 205 Å². The van der Waals surface area contributed by atoms with E-state index in [0.717, 1.165) is 16.9 Å². The van der Waals surface area contributed by atoms with Crippen LogP contribution in [0.3, 0.4) is 0 Å². The number of aliphatic hydroxyl groups is 1. The Balaban J connectivity index is 1.82. The lowest BCUT2D eigenvalue weighted by atomic mass is 9.89. The molecule has 2 aromatic carbocycles. The van der Waals surface area contributed by atoms with E-state index in [2.05, 4.69) is 16.0 Å². The molecule has 1 aliphatic heterocycles. The van der Waals surface area contributed by atoms with E-state index in [4.69, 9.17) is 0 Å². The standard InChI is InChI=1S/C26H33N3O4S/c1-16(2)15-21(30)25(32)28-17(3)24(31)29-20-12-8-7-11-19(20)22-23(18-9-5-4-6-10-18)34-14-13-27-26(22)33/h4-12,16-17,21-23,30H,13-15H2,1-3H3,(H,27,33)(H,28,32)(H,29,31)/t17?,21-,22-,23-/m0/s1. The molecule has 0 aromatic heterocycles. The fourth-order valence-corrected chi connectivity index (χ4v) is 5.28. The predicted molar refractivity (Wildman–Crippen MR) is 136 cm³/mol. The number of carbonyl (C=O) groups is 3. The zero-order valence-corrected chi connectivity index (χ0v) is 20.6. The van der Waals surface area contributed by atoms with E-state index in [1.165, 1.54) is 0 Å². The summed E-state index contributed by atoms with van der Waals surface area (Å²) in [6.07, 6.45) is -0.848. The molecule has 1 aliphatic rings. The highest BCUT2D eigenvalue weighted by Gasteiger charge is 2.35. The van der Waals surface area contributed by atoms with E-state index in [1.807, 2.05) is 56.3 Å². The monoisotopic (exact) mass is 483 g/mol. The van der Waals surface area contributed by atoms with Crippen LogP contribution in [-0.4, -0.2) is 47.3 Å². The van der Waals surface area contributed by atoms with Gasteiger partial charge in [0.2, 0.25) is 17.7 Å². The zero-order chi connectivity index (χ0) is 24.7. The van der Waals surface area contributed by atoms with Gasteiger partial charge in [-0.05, 0) is 36.5 Å². The van der Waals surface area contributed by atoms with Crippen LogP contribution in [-0.2, 0) is 14.4 Å². The summed E-state index contributed by atoms with van der Waals surface area (Å²) in [5.74, 6) is -0.637. The van der Waals surface area contributed by atoms with Gasteiger partial charge in [-0.2, -0.15) is 11.8 Å². The summed E-state index contributed by atoms with van der Waals surface area (Å²) in [6.45, 7) is 5.97. The predicted octanol–water partition coefficient (Wildman–Crippen LogP) is 3.22. The number of anilines is 1. The summed E-state index contributed by atoms with van der Waals surface area (Å²) in [4.78, 5) is 38.3. The molecule has 1 unspecified atom stereocenters. The van der Waals surface area contributed by atoms with E-state index < -0.39 is 29.9 Å². The van der Waals surface area contributed by atoms with Crippen molar-refractivity contribution in [2.45, 2.75) is 50.5 Å². The number of hydrogen-bond donors (Lipinski definition) is 4. The zero-order valence-electron chi connectivity index (χ0n) is 19.8. The molecule has 7 nitrogen and oxygen atoms in total. The van der Waals surface area contributed by atoms with Crippen molar-refractivity contribution in [2.75, 3.05) is 17.6 Å². The molecule has 0 aliphatic carbocycles. The Kier molecular flexibility index (Phi) is 9.12. The summed E-state index contributed by atoms with van der Waals surface area (Å²) in [6, 6.07) is 16.3. The Morgan fingerprint density at radius 1 is 1.06 bits per heavy atom. The Hall–Kier alpha value is -2.84. The molecule has 3 amide bonds. The molecular formula is C26H33N3O4S. The van der Waals surface area contributed by atoms with Crippen LogP contribution in [0.5, 0.6) is 0 Å². The van der Waals surface area contributed by atoms with Crippen LogP contribution in [0.15, 0.2) is 54.6 Å². The van der Waals surface area contributed by atoms with Crippen molar-refractivity contribution in [3.63, 3.8) is 0 Å². The van der Waals surface area contributed by atoms with Gasteiger partial charge in [0, 0.05) is 23.2 Å². The van der Waals surface area contributed by atoms with Crippen molar-refractivity contribution in [1.82, 2.24) is 10.6 Å². The summed E-state index contributed by atoms with van der Waals surface area (Å²) in [7, 11) is 0. The molecule has 182 valence electrons. The number of carbonyl (C=O) groups excluding carboxylic acids is 3. The van der Waals surface area contributed by atoms with Gasteiger partial charge < -0.3 is 21.1 Å². The number of para-hydroxylation sites is 1. The number of rotatable bonds is 8. The molecule has 1 heterocycles. The second kappa shape index (κ2) is 12.0. The fraction of sp³-hybridized carbons (Fsp3) is 0.423. The summed E-state index contributed by atoms with van der Waals surface area (Å²) in [5.41, 5.74) is 2.30. The lowest BCUT2D eigenvalue weighted by Crippen LogP contribution is -2.46. The van der Waals surface area contributed by atoms with Gasteiger partial charge in [-0.1, -0.05) is 62.4 Å². The molecule has 3 rings (SSSR count). The number of aliphatic hydroxyl groups excluding tert-OH is 1. The SMILES string of the molecule is CC(C)C[C@H](O)C(=O)NC(C)C(=O)Nc1ccccc1[C@@H]1C(=O)NCCS[C@H]1c1ccccc1. The molecule has 8 heteroatoms. The van der Waals surface area contributed by atoms with Crippen LogP contribution in [0.25, 0.3) is 0 Å². The second-order valence-corrected chi connectivity index (χ2v) is 10.2. The van der Waals surface area contributed by atoms with Gasteiger partial charge in [0.05, 0.1) is 5.92 Å². The molecule has 34 heavy (non-hydrogen) atoms. The van der Waals surface area contributed by atoms with Crippen molar-refractivity contribution in [3.05, 3.63) is 65.7 Å². The molecule has 0 bridgehead atoms. The van der Waals surface area contributed by atoms with Crippen LogP contribution in [0.1, 0.15) is 49.5 Å². The topological polar surface area (TPSA) is 108 Å². The molecule has 1 fully saturated rings. The highest BCUT2D eigenvalue weighted by atomic mass is 32.2.